The zero-order chi connectivity index (χ0) is 36.0. The summed E-state index contributed by atoms with van der Waals surface area (Å²) in [6, 6.07) is 0. The highest BCUT2D eigenvalue weighted by Gasteiger charge is 2.19. The SMILES string of the molecule is CCCCCCCCCCCCCCC(=O)O[C@@H](COC(=O)CCCCCCCCC)COC(=O)CCCCCCCCCCCC(C)C. The molecule has 0 spiro atoms. The van der Waals surface area contributed by atoms with Gasteiger partial charge in [0.2, 0.25) is 0 Å². The highest BCUT2D eigenvalue weighted by molar-refractivity contribution is 5.71. The lowest BCUT2D eigenvalue weighted by Gasteiger charge is -2.18. The van der Waals surface area contributed by atoms with Crippen molar-refractivity contribution in [1.29, 1.82) is 0 Å². The van der Waals surface area contributed by atoms with Crippen molar-refractivity contribution < 1.29 is 28.6 Å². The molecular formula is C43H82O6. The van der Waals surface area contributed by atoms with E-state index in [9.17, 15) is 14.4 Å². The third kappa shape index (κ3) is 37.5. The van der Waals surface area contributed by atoms with Crippen LogP contribution in [0.4, 0.5) is 0 Å². The zero-order valence-corrected chi connectivity index (χ0v) is 33.1. The molecule has 0 rings (SSSR count). The molecule has 6 heteroatoms. The Hall–Kier alpha value is -1.59. The third-order valence-electron chi connectivity index (χ3n) is 9.54. The van der Waals surface area contributed by atoms with E-state index in [1.807, 2.05) is 0 Å². The number of esters is 3. The molecule has 0 aromatic rings. The van der Waals surface area contributed by atoms with Crippen molar-refractivity contribution in [2.45, 2.75) is 239 Å². The number of hydrogen-bond donors (Lipinski definition) is 0. The molecule has 0 saturated carbocycles. The van der Waals surface area contributed by atoms with Crippen LogP contribution in [0.5, 0.6) is 0 Å². The molecule has 0 aliphatic carbocycles. The van der Waals surface area contributed by atoms with Gasteiger partial charge in [0.05, 0.1) is 0 Å². The standard InChI is InChI=1S/C43H82O6/c1-5-7-9-11-13-14-15-16-19-24-28-32-36-43(46)49-40(37-47-41(44)34-30-26-21-12-10-8-6-2)38-48-42(45)35-31-27-23-20-17-18-22-25-29-33-39(3)4/h39-40H,5-38H2,1-4H3/t40-/m0/s1. The van der Waals surface area contributed by atoms with Gasteiger partial charge in [-0.25, -0.2) is 0 Å². The Bertz CT molecular complexity index is 736. The van der Waals surface area contributed by atoms with Crippen molar-refractivity contribution in [2.24, 2.45) is 5.92 Å². The maximum atomic E-state index is 12.6. The Kier molecular flexibility index (Phi) is 36.4. The Morgan fingerprint density at radius 3 is 1.00 bits per heavy atom. The fraction of sp³-hybridized carbons (Fsp3) is 0.930. The molecule has 0 aliphatic rings. The Morgan fingerprint density at radius 2 is 0.673 bits per heavy atom. The van der Waals surface area contributed by atoms with Gasteiger partial charge in [-0.1, -0.05) is 195 Å². The Balaban J connectivity index is 4.30. The van der Waals surface area contributed by atoms with E-state index in [1.165, 1.54) is 128 Å². The molecule has 0 unspecified atom stereocenters. The minimum atomic E-state index is -0.757. The van der Waals surface area contributed by atoms with Gasteiger partial charge < -0.3 is 14.2 Å². The van der Waals surface area contributed by atoms with Gasteiger partial charge in [-0.15, -0.1) is 0 Å². The number of ether oxygens (including phenoxy) is 3. The number of hydrogen-bond acceptors (Lipinski definition) is 6. The van der Waals surface area contributed by atoms with Crippen molar-refractivity contribution in [3.05, 3.63) is 0 Å². The minimum absolute atomic E-state index is 0.0649. The lowest BCUT2D eigenvalue weighted by molar-refractivity contribution is -0.167. The highest BCUT2D eigenvalue weighted by Crippen LogP contribution is 2.15. The summed E-state index contributed by atoms with van der Waals surface area (Å²) >= 11 is 0. The van der Waals surface area contributed by atoms with E-state index in [0.29, 0.717) is 19.3 Å². The highest BCUT2D eigenvalue weighted by atomic mass is 16.6. The predicted molar refractivity (Wildman–Crippen MR) is 206 cm³/mol. The molecule has 0 aromatic heterocycles. The van der Waals surface area contributed by atoms with Crippen LogP contribution in [0.1, 0.15) is 233 Å². The largest absolute Gasteiger partial charge is 0.462 e. The first-order valence-electron chi connectivity index (χ1n) is 21.4. The Morgan fingerprint density at radius 1 is 0.388 bits per heavy atom. The van der Waals surface area contributed by atoms with E-state index in [-0.39, 0.29) is 31.1 Å². The van der Waals surface area contributed by atoms with E-state index in [2.05, 4.69) is 27.7 Å². The molecule has 0 aromatic carbocycles. The smallest absolute Gasteiger partial charge is 0.306 e. The summed E-state index contributed by atoms with van der Waals surface area (Å²) in [5, 5.41) is 0. The lowest BCUT2D eigenvalue weighted by atomic mass is 10.0. The van der Waals surface area contributed by atoms with Gasteiger partial charge in [0.25, 0.3) is 0 Å². The number of unbranched alkanes of at least 4 members (excludes halogenated alkanes) is 25. The molecule has 0 heterocycles. The molecule has 1 atom stereocenters. The fourth-order valence-electron chi connectivity index (χ4n) is 6.27. The second kappa shape index (κ2) is 37.7. The molecule has 0 radical (unpaired) electrons. The first kappa shape index (κ1) is 47.4. The summed E-state index contributed by atoms with van der Waals surface area (Å²) in [7, 11) is 0. The van der Waals surface area contributed by atoms with Crippen LogP contribution in [0, 0.1) is 5.92 Å². The van der Waals surface area contributed by atoms with Gasteiger partial charge in [-0.3, -0.25) is 14.4 Å². The average molecular weight is 695 g/mol. The van der Waals surface area contributed by atoms with Crippen molar-refractivity contribution in [1.82, 2.24) is 0 Å². The summed E-state index contributed by atoms with van der Waals surface area (Å²) in [6.45, 7) is 8.92. The van der Waals surface area contributed by atoms with Crippen molar-refractivity contribution in [3.63, 3.8) is 0 Å². The number of carbonyl (C=O) groups excluding carboxylic acids is 3. The maximum absolute atomic E-state index is 12.6. The van der Waals surface area contributed by atoms with E-state index < -0.39 is 6.10 Å². The zero-order valence-electron chi connectivity index (χ0n) is 33.1. The van der Waals surface area contributed by atoms with Gasteiger partial charge in [0, 0.05) is 19.3 Å². The van der Waals surface area contributed by atoms with Crippen LogP contribution < -0.4 is 0 Å². The van der Waals surface area contributed by atoms with Crippen LogP contribution in [0.2, 0.25) is 0 Å². The second-order valence-corrected chi connectivity index (χ2v) is 15.1. The molecule has 0 fully saturated rings. The van der Waals surface area contributed by atoms with Gasteiger partial charge in [-0.2, -0.15) is 0 Å². The molecule has 49 heavy (non-hydrogen) atoms. The minimum Gasteiger partial charge on any atom is -0.462 e. The molecule has 6 nitrogen and oxygen atoms in total. The summed E-state index contributed by atoms with van der Waals surface area (Å²) in [4.78, 5) is 37.5. The molecule has 0 amide bonds. The quantitative estimate of drug-likeness (QED) is 0.0364. The van der Waals surface area contributed by atoms with E-state index in [1.54, 1.807) is 0 Å². The van der Waals surface area contributed by atoms with Crippen LogP contribution in [-0.4, -0.2) is 37.2 Å². The monoisotopic (exact) mass is 695 g/mol. The van der Waals surface area contributed by atoms with Gasteiger partial charge in [0.15, 0.2) is 6.10 Å². The number of carbonyl (C=O) groups is 3. The van der Waals surface area contributed by atoms with Crippen molar-refractivity contribution in [2.75, 3.05) is 13.2 Å². The molecule has 0 aliphatic heterocycles. The van der Waals surface area contributed by atoms with Gasteiger partial charge in [0.1, 0.15) is 13.2 Å². The molecule has 0 bridgehead atoms. The van der Waals surface area contributed by atoms with E-state index >= 15 is 0 Å². The second-order valence-electron chi connectivity index (χ2n) is 15.1. The molecule has 290 valence electrons. The van der Waals surface area contributed by atoms with Crippen LogP contribution in [0.25, 0.3) is 0 Å². The fourth-order valence-corrected chi connectivity index (χ4v) is 6.27. The van der Waals surface area contributed by atoms with Crippen LogP contribution in [0.15, 0.2) is 0 Å². The summed E-state index contributed by atoms with van der Waals surface area (Å²) in [5.41, 5.74) is 0. The summed E-state index contributed by atoms with van der Waals surface area (Å²) in [6.07, 6.45) is 35.2. The first-order chi connectivity index (χ1) is 23.9. The average Bonchev–Trinajstić information content (AvgIpc) is 3.08. The first-order valence-corrected chi connectivity index (χ1v) is 21.4. The summed E-state index contributed by atoms with van der Waals surface area (Å²) in [5.74, 6) is -0.0567. The maximum Gasteiger partial charge on any atom is 0.306 e. The van der Waals surface area contributed by atoms with Crippen LogP contribution >= 0.6 is 0 Å². The topological polar surface area (TPSA) is 78.9 Å². The van der Waals surface area contributed by atoms with E-state index in [4.69, 9.17) is 14.2 Å². The predicted octanol–water partition coefficient (Wildman–Crippen LogP) is 13.2. The van der Waals surface area contributed by atoms with Gasteiger partial charge >= 0.3 is 17.9 Å². The van der Waals surface area contributed by atoms with Crippen LogP contribution in [0.3, 0.4) is 0 Å². The van der Waals surface area contributed by atoms with Crippen molar-refractivity contribution in [3.8, 4) is 0 Å². The molecule has 0 N–H and O–H groups in total. The number of rotatable bonds is 38. The molecule has 0 saturated heterocycles. The lowest BCUT2D eigenvalue weighted by Crippen LogP contribution is -2.30. The Labute approximate surface area is 304 Å². The normalized spacial score (nSPS) is 11.9. The van der Waals surface area contributed by atoms with Crippen molar-refractivity contribution >= 4 is 17.9 Å². The third-order valence-corrected chi connectivity index (χ3v) is 9.54. The van der Waals surface area contributed by atoms with Gasteiger partial charge in [-0.05, 0) is 25.2 Å². The molecular weight excluding hydrogens is 612 g/mol. The van der Waals surface area contributed by atoms with Crippen LogP contribution in [-0.2, 0) is 28.6 Å². The van der Waals surface area contributed by atoms with E-state index in [0.717, 1.165) is 63.7 Å². The summed E-state index contributed by atoms with van der Waals surface area (Å²) < 4.78 is 16.6.